The quantitative estimate of drug-likeness (QED) is 0.541. The van der Waals surface area contributed by atoms with E-state index in [4.69, 9.17) is 0 Å². The minimum atomic E-state index is 0.551. The van der Waals surface area contributed by atoms with E-state index in [9.17, 15) is 0 Å². The number of nitrogens with one attached hydrogen (secondary N) is 2. The first-order valence-corrected chi connectivity index (χ1v) is 6.68. The third-order valence-corrected chi connectivity index (χ3v) is 3.61. The lowest BCUT2D eigenvalue weighted by Crippen LogP contribution is -2.37. The molecule has 0 aromatic carbocycles. The molecule has 2 nitrogen and oxygen atoms in total. The number of rotatable bonds is 5. The van der Waals surface area contributed by atoms with E-state index in [1.165, 1.54) is 51.5 Å². The molecule has 0 heterocycles. The van der Waals surface area contributed by atoms with Gasteiger partial charge < -0.3 is 10.6 Å². The summed E-state index contributed by atoms with van der Waals surface area (Å²) in [7, 11) is 0. The molecule has 0 amide bonds. The van der Waals surface area contributed by atoms with Gasteiger partial charge in [0.05, 0.1) is 0 Å². The van der Waals surface area contributed by atoms with Crippen LogP contribution in [0, 0.1) is 5.41 Å². The summed E-state index contributed by atoms with van der Waals surface area (Å²) in [5.41, 5.74) is 0.551. The van der Waals surface area contributed by atoms with Crippen LogP contribution in [-0.4, -0.2) is 19.8 Å². The van der Waals surface area contributed by atoms with Crippen molar-refractivity contribution in [2.24, 2.45) is 5.41 Å². The molecule has 0 unspecified atom stereocenters. The molecule has 0 aromatic heterocycles. The van der Waals surface area contributed by atoms with Crippen molar-refractivity contribution in [2.75, 3.05) is 19.8 Å². The Morgan fingerprint density at radius 3 is 2.13 bits per heavy atom. The summed E-state index contributed by atoms with van der Waals surface area (Å²) in [4.78, 5) is 0. The fourth-order valence-electron chi connectivity index (χ4n) is 2.51. The van der Waals surface area contributed by atoms with Gasteiger partial charge in [-0.05, 0) is 24.8 Å². The van der Waals surface area contributed by atoms with Crippen LogP contribution in [0.4, 0.5) is 0 Å². The molecule has 0 radical (unpaired) electrons. The van der Waals surface area contributed by atoms with Gasteiger partial charge in [-0.25, -0.2) is 0 Å². The van der Waals surface area contributed by atoms with Crippen LogP contribution < -0.4 is 10.6 Å². The third-order valence-electron chi connectivity index (χ3n) is 3.61. The Bertz CT molecular complexity index is 149. The van der Waals surface area contributed by atoms with E-state index in [0.29, 0.717) is 5.41 Å². The highest BCUT2D eigenvalue weighted by Gasteiger charge is 2.23. The average molecular weight is 212 g/mol. The second kappa shape index (κ2) is 7.24. The van der Waals surface area contributed by atoms with Crippen molar-refractivity contribution in [2.45, 2.75) is 58.8 Å². The van der Waals surface area contributed by atoms with Gasteiger partial charge in [-0.2, -0.15) is 0 Å². The molecule has 0 saturated heterocycles. The lowest BCUT2D eigenvalue weighted by Gasteiger charge is -2.32. The molecule has 1 aliphatic carbocycles. The Morgan fingerprint density at radius 2 is 1.53 bits per heavy atom. The highest BCUT2D eigenvalue weighted by Crippen LogP contribution is 2.32. The molecule has 1 saturated carbocycles. The van der Waals surface area contributed by atoms with Gasteiger partial charge in [-0.15, -0.1) is 0 Å². The summed E-state index contributed by atoms with van der Waals surface area (Å²) in [6.07, 6.45) is 10.0. The van der Waals surface area contributed by atoms with Gasteiger partial charge in [0, 0.05) is 13.2 Å². The van der Waals surface area contributed by atoms with Crippen molar-refractivity contribution in [3.05, 3.63) is 0 Å². The van der Waals surface area contributed by atoms with E-state index >= 15 is 0 Å². The van der Waals surface area contributed by atoms with E-state index in [1.54, 1.807) is 0 Å². The van der Waals surface area contributed by atoms with Crippen molar-refractivity contribution in [1.29, 1.82) is 0 Å². The van der Waals surface area contributed by atoms with Crippen LogP contribution in [0.25, 0.3) is 0 Å². The Labute approximate surface area is 95.2 Å². The first kappa shape index (κ1) is 13.0. The maximum Gasteiger partial charge on any atom is 0.0454 e. The summed E-state index contributed by atoms with van der Waals surface area (Å²) < 4.78 is 0. The van der Waals surface area contributed by atoms with Crippen LogP contribution in [0.2, 0.25) is 0 Å². The molecule has 15 heavy (non-hydrogen) atoms. The summed E-state index contributed by atoms with van der Waals surface area (Å²) in [6.45, 7) is 7.81. The largest absolute Gasteiger partial charge is 0.305 e. The van der Waals surface area contributed by atoms with Crippen LogP contribution in [0.3, 0.4) is 0 Å². The SMILES string of the molecule is CCNCNCC1(C)CCCCCCC1. The number of hydrogen-bond acceptors (Lipinski definition) is 2. The fourth-order valence-corrected chi connectivity index (χ4v) is 2.51. The normalized spacial score (nSPS) is 22.0. The maximum absolute atomic E-state index is 3.53. The number of hydrogen-bond donors (Lipinski definition) is 2. The standard InChI is InChI=1S/C13H28N2/c1-3-14-12-15-11-13(2)9-7-5-4-6-8-10-13/h14-15H,3-12H2,1-2H3. The first-order chi connectivity index (χ1) is 7.27. The minimum absolute atomic E-state index is 0.551. The van der Waals surface area contributed by atoms with E-state index in [1.807, 2.05) is 0 Å². The maximum atomic E-state index is 3.53. The highest BCUT2D eigenvalue weighted by molar-refractivity contribution is 4.78. The van der Waals surface area contributed by atoms with Crippen molar-refractivity contribution < 1.29 is 0 Å². The molecule has 2 heteroatoms. The van der Waals surface area contributed by atoms with E-state index in [-0.39, 0.29) is 0 Å². The fraction of sp³-hybridized carbons (Fsp3) is 1.00. The van der Waals surface area contributed by atoms with Crippen LogP contribution in [0.5, 0.6) is 0 Å². The molecule has 1 fully saturated rings. The topological polar surface area (TPSA) is 24.1 Å². The lowest BCUT2D eigenvalue weighted by atomic mass is 9.78. The Hall–Kier alpha value is -0.0800. The lowest BCUT2D eigenvalue weighted by molar-refractivity contribution is 0.226. The van der Waals surface area contributed by atoms with E-state index in [0.717, 1.165) is 13.2 Å². The van der Waals surface area contributed by atoms with Crippen LogP contribution in [0.1, 0.15) is 58.8 Å². The van der Waals surface area contributed by atoms with Crippen molar-refractivity contribution in [1.82, 2.24) is 10.6 Å². The summed E-state index contributed by atoms with van der Waals surface area (Å²) in [5, 5.41) is 6.86. The third kappa shape index (κ3) is 5.53. The zero-order valence-electron chi connectivity index (χ0n) is 10.6. The van der Waals surface area contributed by atoms with Crippen LogP contribution in [0.15, 0.2) is 0 Å². The predicted molar refractivity (Wildman–Crippen MR) is 67.0 cm³/mol. The Morgan fingerprint density at radius 1 is 0.933 bits per heavy atom. The van der Waals surface area contributed by atoms with Crippen molar-refractivity contribution in [3.63, 3.8) is 0 Å². The van der Waals surface area contributed by atoms with Gasteiger partial charge in [0.25, 0.3) is 0 Å². The molecule has 0 aliphatic heterocycles. The van der Waals surface area contributed by atoms with E-state index in [2.05, 4.69) is 24.5 Å². The smallest absolute Gasteiger partial charge is 0.0454 e. The second-order valence-electron chi connectivity index (χ2n) is 5.29. The van der Waals surface area contributed by atoms with Gasteiger partial charge in [-0.1, -0.05) is 46.0 Å². The van der Waals surface area contributed by atoms with Crippen LogP contribution >= 0.6 is 0 Å². The van der Waals surface area contributed by atoms with E-state index < -0.39 is 0 Å². The molecule has 0 aromatic rings. The minimum Gasteiger partial charge on any atom is -0.305 e. The molecule has 0 spiro atoms. The van der Waals surface area contributed by atoms with Gasteiger partial charge in [0.1, 0.15) is 0 Å². The molecule has 0 bridgehead atoms. The monoisotopic (exact) mass is 212 g/mol. The van der Waals surface area contributed by atoms with Crippen LogP contribution in [-0.2, 0) is 0 Å². The van der Waals surface area contributed by atoms with Gasteiger partial charge >= 0.3 is 0 Å². The summed E-state index contributed by atoms with van der Waals surface area (Å²) in [5.74, 6) is 0. The Balaban J connectivity index is 2.21. The zero-order chi connectivity index (χ0) is 11.0. The average Bonchev–Trinajstić information content (AvgIpc) is 2.20. The van der Waals surface area contributed by atoms with Gasteiger partial charge in [-0.3, -0.25) is 0 Å². The highest BCUT2D eigenvalue weighted by atomic mass is 15.1. The summed E-state index contributed by atoms with van der Waals surface area (Å²) >= 11 is 0. The molecule has 1 rings (SSSR count). The summed E-state index contributed by atoms with van der Waals surface area (Å²) in [6, 6.07) is 0. The van der Waals surface area contributed by atoms with Crippen molar-refractivity contribution in [3.8, 4) is 0 Å². The molecular weight excluding hydrogens is 184 g/mol. The zero-order valence-corrected chi connectivity index (χ0v) is 10.6. The second-order valence-corrected chi connectivity index (χ2v) is 5.29. The molecule has 2 N–H and O–H groups in total. The molecule has 90 valence electrons. The molecule has 0 atom stereocenters. The first-order valence-electron chi connectivity index (χ1n) is 6.68. The molecular formula is C13H28N2. The van der Waals surface area contributed by atoms with Gasteiger partial charge in [0.2, 0.25) is 0 Å². The Kier molecular flexibility index (Phi) is 6.26. The predicted octanol–water partition coefficient (Wildman–Crippen LogP) is 2.89. The van der Waals surface area contributed by atoms with Crippen molar-refractivity contribution >= 4 is 0 Å². The van der Waals surface area contributed by atoms with Gasteiger partial charge in [0.15, 0.2) is 0 Å². The molecule has 1 aliphatic rings.